The monoisotopic (exact) mass is 264 g/mol. The Morgan fingerprint density at radius 2 is 2.16 bits per heavy atom. The Kier molecular flexibility index (Phi) is 4.43. The molecule has 1 heterocycles. The van der Waals surface area contributed by atoms with Gasteiger partial charge in [-0.3, -0.25) is 4.79 Å². The number of hydrogen-bond acceptors (Lipinski definition) is 3. The highest BCUT2D eigenvalue weighted by molar-refractivity contribution is 5.66. The second-order valence-electron chi connectivity index (χ2n) is 5.45. The van der Waals surface area contributed by atoms with Gasteiger partial charge in [0, 0.05) is 11.8 Å². The summed E-state index contributed by atoms with van der Waals surface area (Å²) in [5.41, 5.74) is 1.20. The Morgan fingerprint density at radius 1 is 1.42 bits per heavy atom. The van der Waals surface area contributed by atoms with Crippen LogP contribution >= 0.6 is 0 Å². The first-order chi connectivity index (χ1) is 9.09. The summed E-state index contributed by atoms with van der Waals surface area (Å²) in [5.74, 6) is 0.110. The maximum atomic E-state index is 10.5. The fraction of sp³-hybridized carbons (Fsp3) is 0.533. The lowest BCUT2D eigenvalue weighted by atomic mass is 9.90. The van der Waals surface area contributed by atoms with Crippen LogP contribution in [0.1, 0.15) is 25.3 Å². The van der Waals surface area contributed by atoms with Crippen LogP contribution in [0.4, 0.5) is 0 Å². The Labute approximate surface area is 113 Å². The number of ether oxygens (including phenoxy) is 2. The maximum Gasteiger partial charge on any atom is 0.303 e. The molecule has 1 aliphatic rings. The lowest BCUT2D eigenvalue weighted by Gasteiger charge is -2.37. The van der Waals surface area contributed by atoms with E-state index >= 15 is 0 Å². The van der Waals surface area contributed by atoms with Gasteiger partial charge < -0.3 is 14.6 Å². The van der Waals surface area contributed by atoms with E-state index in [1.165, 1.54) is 0 Å². The summed E-state index contributed by atoms with van der Waals surface area (Å²) in [6.07, 6.45) is 1.56. The zero-order valence-electron chi connectivity index (χ0n) is 11.2. The van der Waals surface area contributed by atoms with Gasteiger partial charge in [-0.1, -0.05) is 25.1 Å². The molecule has 1 aromatic carbocycles. The molecule has 0 atom stereocenters. The summed E-state index contributed by atoms with van der Waals surface area (Å²) in [7, 11) is 0. The summed E-state index contributed by atoms with van der Waals surface area (Å²) in [4.78, 5) is 10.5. The quantitative estimate of drug-likeness (QED) is 0.822. The van der Waals surface area contributed by atoms with Gasteiger partial charge in [-0.2, -0.15) is 0 Å². The molecule has 1 aromatic rings. The lowest BCUT2D eigenvalue weighted by molar-refractivity contribution is -0.137. The molecule has 0 spiro atoms. The second-order valence-corrected chi connectivity index (χ2v) is 5.45. The van der Waals surface area contributed by atoms with E-state index in [2.05, 4.69) is 6.92 Å². The van der Waals surface area contributed by atoms with Crippen molar-refractivity contribution in [3.63, 3.8) is 0 Å². The molecule has 2 rings (SSSR count). The van der Waals surface area contributed by atoms with Crippen LogP contribution in [0.25, 0.3) is 0 Å². The molecule has 0 aromatic heterocycles. The van der Waals surface area contributed by atoms with Crippen molar-refractivity contribution in [3.05, 3.63) is 29.8 Å². The minimum Gasteiger partial charge on any atom is -0.493 e. The van der Waals surface area contributed by atoms with Gasteiger partial charge in [-0.25, -0.2) is 0 Å². The molecule has 0 bridgehead atoms. The molecule has 0 amide bonds. The smallest absolute Gasteiger partial charge is 0.303 e. The Hall–Kier alpha value is -1.55. The summed E-state index contributed by atoms with van der Waals surface area (Å²) < 4.78 is 11.1. The number of hydrogen-bond donors (Lipinski definition) is 1. The van der Waals surface area contributed by atoms with Crippen molar-refractivity contribution < 1.29 is 19.4 Å². The van der Waals surface area contributed by atoms with Crippen molar-refractivity contribution >= 4 is 5.97 Å². The van der Waals surface area contributed by atoms with Crippen molar-refractivity contribution in [1.82, 2.24) is 0 Å². The van der Waals surface area contributed by atoms with Gasteiger partial charge in [0.15, 0.2) is 0 Å². The highest BCUT2D eigenvalue weighted by Gasteiger charge is 2.34. The molecular weight excluding hydrogens is 244 g/mol. The topological polar surface area (TPSA) is 55.8 Å². The predicted octanol–water partition coefficient (Wildman–Crippen LogP) is 2.51. The molecule has 0 unspecified atom stereocenters. The number of rotatable bonds is 7. The zero-order valence-corrected chi connectivity index (χ0v) is 11.2. The summed E-state index contributed by atoms with van der Waals surface area (Å²) in [6.45, 7) is 4.27. The molecule has 0 radical (unpaired) electrons. The molecule has 1 N–H and O–H groups in total. The standard InChI is InChI=1S/C15H20O4/c1-15(9-18-10-15)11-19-13-7-3-2-5-12(13)6-4-8-14(16)17/h2-3,5,7H,4,6,8-11H2,1H3,(H,16,17). The molecule has 19 heavy (non-hydrogen) atoms. The van der Waals surface area contributed by atoms with E-state index < -0.39 is 5.97 Å². The van der Waals surface area contributed by atoms with E-state index in [4.69, 9.17) is 14.6 Å². The minimum atomic E-state index is -0.752. The first kappa shape index (κ1) is 13.9. The molecule has 1 saturated heterocycles. The second kappa shape index (κ2) is 6.06. The van der Waals surface area contributed by atoms with E-state index in [-0.39, 0.29) is 11.8 Å². The van der Waals surface area contributed by atoms with Crippen LogP contribution in [-0.2, 0) is 16.0 Å². The predicted molar refractivity (Wildman–Crippen MR) is 71.4 cm³/mol. The Morgan fingerprint density at radius 3 is 2.79 bits per heavy atom. The normalized spacial score (nSPS) is 16.7. The van der Waals surface area contributed by atoms with Gasteiger partial charge in [0.1, 0.15) is 5.75 Å². The number of carboxylic acids is 1. The highest BCUT2D eigenvalue weighted by atomic mass is 16.5. The van der Waals surface area contributed by atoms with Crippen LogP contribution in [0.3, 0.4) is 0 Å². The Balaban J connectivity index is 1.89. The molecule has 104 valence electrons. The van der Waals surface area contributed by atoms with Crippen LogP contribution in [-0.4, -0.2) is 30.9 Å². The van der Waals surface area contributed by atoms with Crippen LogP contribution in [0.5, 0.6) is 5.75 Å². The van der Waals surface area contributed by atoms with Gasteiger partial charge >= 0.3 is 5.97 Å². The average Bonchev–Trinajstić information content (AvgIpc) is 2.35. The van der Waals surface area contributed by atoms with Crippen LogP contribution in [0.15, 0.2) is 24.3 Å². The fourth-order valence-electron chi connectivity index (χ4n) is 2.07. The third-order valence-electron chi connectivity index (χ3n) is 3.29. The number of para-hydroxylation sites is 1. The van der Waals surface area contributed by atoms with Crippen LogP contribution in [0.2, 0.25) is 0 Å². The molecule has 4 nitrogen and oxygen atoms in total. The largest absolute Gasteiger partial charge is 0.493 e. The lowest BCUT2D eigenvalue weighted by Crippen LogP contribution is -2.44. The SMILES string of the molecule is CC1(COc2ccccc2CCCC(=O)O)COC1. The van der Waals surface area contributed by atoms with Crippen LogP contribution < -0.4 is 4.74 Å². The first-order valence-corrected chi connectivity index (χ1v) is 6.59. The van der Waals surface area contributed by atoms with Gasteiger partial charge in [0.25, 0.3) is 0 Å². The van der Waals surface area contributed by atoms with Crippen molar-refractivity contribution in [2.24, 2.45) is 5.41 Å². The van der Waals surface area contributed by atoms with Gasteiger partial charge in [0.2, 0.25) is 0 Å². The minimum absolute atomic E-state index is 0.119. The zero-order chi connectivity index (χ0) is 13.7. The average molecular weight is 264 g/mol. The third-order valence-corrected chi connectivity index (χ3v) is 3.29. The summed E-state index contributed by atoms with van der Waals surface area (Å²) in [6, 6.07) is 7.84. The van der Waals surface area contributed by atoms with Gasteiger partial charge in [-0.15, -0.1) is 0 Å². The molecular formula is C15H20O4. The van der Waals surface area contributed by atoms with Gasteiger partial charge in [0.05, 0.1) is 19.8 Å². The van der Waals surface area contributed by atoms with Crippen molar-refractivity contribution in [2.75, 3.05) is 19.8 Å². The van der Waals surface area contributed by atoms with E-state index in [1.54, 1.807) is 0 Å². The summed E-state index contributed by atoms with van der Waals surface area (Å²) >= 11 is 0. The van der Waals surface area contributed by atoms with Crippen LogP contribution in [0, 0.1) is 5.41 Å². The molecule has 1 fully saturated rings. The van der Waals surface area contributed by atoms with Crippen molar-refractivity contribution in [1.29, 1.82) is 0 Å². The number of benzene rings is 1. The van der Waals surface area contributed by atoms with E-state index in [0.717, 1.165) is 30.9 Å². The maximum absolute atomic E-state index is 10.5. The fourth-order valence-corrected chi connectivity index (χ4v) is 2.07. The van der Waals surface area contributed by atoms with E-state index in [1.807, 2.05) is 24.3 Å². The molecule has 4 heteroatoms. The number of aryl methyl sites for hydroxylation is 1. The molecule has 1 aliphatic heterocycles. The highest BCUT2D eigenvalue weighted by Crippen LogP contribution is 2.29. The number of carbonyl (C=O) groups is 1. The van der Waals surface area contributed by atoms with Gasteiger partial charge in [-0.05, 0) is 24.5 Å². The number of aliphatic carboxylic acids is 1. The molecule has 0 saturated carbocycles. The Bertz CT molecular complexity index is 438. The van der Waals surface area contributed by atoms with Crippen molar-refractivity contribution in [3.8, 4) is 5.75 Å². The van der Waals surface area contributed by atoms with Crippen molar-refractivity contribution in [2.45, 2.75) is 26.2 Å². The summed E-state index contributed by atoms with van der Waals surface area (Å²) in [5, 5.41) is 8.67. The third kappa shape index (κ3) is 3.96. The number of carboxylic acid groups (broad SMARTS) is 1. The molecule has 0 aliphatic carbocycles. The first-order valence-electron chi connectivity index (χ1n) is 6.59. The van der Waals surface area contributed by atoms with E-state index in [0.29, 0.717) is 13.0 Å². The van der Waals surface area contributed by atoms with E-state index in [9.17, 15) is 4.79 Å².